The van der Waals surface area contributed by atoms with E-state index in [-0.39, 0.29) is 11.6 Å². The summed E-state index contributed by atoms with van der Waals surface area (Å²) < 4.78 is 19.4. The number of benzene rings is 1. The Balaban J connectivity index is 2.02. The van der Waals surface area contributed by atoms with Crippen molar-refractivity contribution >= 4 is 12.6 Å². The van der Waals surface area contributed by atoms with Gasteiger partial charge in [0.15, 0.2) is 0 Å². The van der Waals surface area contributed by atoms with Gasteiger partial charge in [0.25, 0.3) is 0 Å². The Hall–Kier alpha value is -1.07. The third-order valence-corrected chi connectivity index (χ3v) is 4.10. The molecule has 0 radical (unpaired) electrons. The van der Waals surface area contributed by atoms with Gasteiger partial charge in [0.05, 0.1) is 6.10 Å². The number of ether oxygens (including phenoxy) is 1. The van der Waals surface area contributed by atoms with Crippen molar-refractivity contribution in [3.8, 4) is 5.75 Å². The number of hydrogen-bond donors (Lipinski definition) is 2. The van der Waals surface area contributed by atoms with Crippen LogP contribution < -0.4 is 10.2 Å². The first-order valence-corrected chi connectivity index (χ1v) is 6.79. The van der Waals surface area contributed by atoms with E-state index in [9.17, 15) is 4.39 Å². The van der Waals surface area contributed by atoms with E-state index in [1.165, 1.54) is 12.1 Å². The lowest BCUT2D eigenvalue weighted by molar-refractivity contribution is 0.100. The summed E-state index contributed by atoms with van der Waals surface area (Å²) in [6.07, 6.45) is 3.21. The van der Waals surface area contributed by atoms with E-state index >= 15 is 0 Å². The third kappa shape index (κ3) is 3.48. The van der Waals surface area contributed by atoms with E-state index in [1.807, 2.05) is 0 Å². The molecule has 19 heavy (non-hydrogen) atoms. The smallest absolute Gasteiger partial charge is 0.490 e. The molecule has 0 spiro atoms. The van der Waals surface area contributed by atoms with Crippen LogP contribution in [-0.4, -0.2) is 23.3 Å². The zero-order valence-corrected chi connectivity index (χ0v) is 11.3. The Morgan fingerprint density at radius 1 is 1.21 bits per heavy atom. The summed E-state index contributed by atoms with van der Waals surface area (Å²) in [7, 11) is -1.79. The standard InChI is InChI=1S/C14H20BFO3/c1-9-3-4-11(7-10(9)2)19-12-5-6-13(15(17)18)14(16)8-12/h5-6,8-11,17-18H,3-4,7H2,1-2H3. The van der Waals surface area contributed by atoms with E-state index in [4.69, 9.17) is 14.8 Å². The van der Waals surface area contributed by atoms with E-state index < -0.39 is 12.9 Å². The van der Waals surface area contributed by atoms with Gasteiger partial charge in [-0.1, -0.05) is 19.9 Å². The maximum absolute atomic E-state index is 13.6. The van der Waals surface area contributed by atoms with Gasteiger partial charge in [-0.3, -0.25) is 0 Å². The molecule has 0 aromatic heterocycles. The van der Waals surface area contributed by atoms with Gasteiger partial charge < -0.3 is 14.8 Å². The largest absolute Gasteiger partial charge is 0.491 e. The van der Waals surface area contributed by atoms with Crippen molar-refractivity contribution in [3.05, 3.63) is 24.0 Å². The summed E-state index contributed by atoms with van der Waals surface area (Å²) in [5.41, 5.74) is -0.127. The molecule has 1 saturated carbocycles. The lowest BCUT2D eigenvalue weighted by Gasteiger charge is -2.32. The lowest BCUT2D eigenvalue weighted by atomic mass is 9.79. The van der Waals surface area contributed by atoms with Crippen molar-refractivity contribution in [2.24, 2.45) is 11.8 Å². The average Bonchev–Trinajstić information content (AvgIpc) is 2.33. The van der Waals surface area contributed by atoms with Gasteiger partial charge in [-0.2, -0.15) is 0 Å². The minimum Gasteiger partial charge on any atom is -0.490 e. The van der Waals surface area contributed by atoms with Crippen molar-refractivity contribution in [2.45, 2.75) is 39.2 Å². The Labute approximate surface area is 113 Å². The Kier molecular flexibility index (Phi) is 4.48. The molecule has 2 rings (SSSR count). The van der Waals surface area contributed by atoms with Gasteiger partial charge >= 0.3 is 7.12 Å². The zero-order valence-electron chi connectivity index (χ0n) is 11.3. The van der Waals surface area contributed by atoms with Gasteiger partial charge in [0.1, 0.15) is 11.6 Å². The SMILES string of the molecule is CC1CCC(Oc2ccc(B(O)O)c(F)c2)CC1C. The molecule has 0 saturated heterocycles. The highest BCUT2D eigenvalue weighted by Crippen LogP contribution is 2.31. The van der Waals surface area contributed by atoms with Crippen molar-refractivity contribution in [1.29, 1.82) is 0 Å². The first kappa shape index (κ1) is 14.3. The molecule has 0 amide bonds. The van der Waals surface area contributed by atoms with Crippen LogP contribution in [-0.2, 0) is 0 Å². The molecule has 1 fully saturated rings. The number of halogens is 1. The molecule has 3 atom stereocenters. The number of rotatable bonds is 3. The van der Waals surface area contributed by atoms with Gasteiger partial charge in [-0.25, -0.2) is 4.39 Å². The predicted octanol–water partition coefficient (Wildman–Crippen LogP) is 1.71. The molecule has 0 bridgehead atoms. The second kappa shape index (κ2) is 5.93. The molecular weight excluding hydrogens is 246 g/mol. The summed E-state index contributed by atoms with van der Waals surface area (Å²) in [5, 5.41) is 17.9. The Morgan fingerprint density at radius 3 is 2.53 bits per heavy atom. The van der Waals surface area contributed by atoms with Crippen LogP contribution in [0.2, 0.25) is 0 Å². The van der Waals surface area contributed by atoms with Crippen LogP contribution in [0.25, 0.3) is 0 Å². The monoisotopic (exact) mass is 266 g/mol. The van der Waals surface area contributed by atoms with E-state index in [0.717, 1.165) is 19.3 Å². The van der Waals surface area contributed by atoms with Crippen molar-refractivity contribution in [1.82, 2.24) is 0 Å². The minimum atomic E-state index is -1.79. The second-order valence-corrected chi connectivity index (χ2v) is 5.56. The minimum absolute atomic E-state index is 0.121. The average molecular weight is 266 g/mol. The van der Waals surface area contributed by atoms with E-state index in [2.05, 4.69) is 13.8 Å². The van der Waals surface area contributed by atoms with Crippen molar-refractivity contribution in [3.63, 3.8) is 0 Å². The van der Waals surface area contributed by atoms with Gasteiger partial charge in [-0.15, -0.1) is 0 Å². The fourth-order valence-corrected chi connectivity index (χ4v) is 2.59. The van der Waals surface area contributed by atoms with Crippen LogP contribution in [0.15, 0.2) is 18.2 Å². The topological polar surface area (TPSA) is 49.7 Å². The zero-order chi connectivity index (χ0) is 14.0. The summed E-state index contributed by atoms with van der Waals surface area (Å²) in [6, 6.07) is 4.16. The molecule has 1 aliphatic carbocycles. The highest BCUT2D eigenvalue weighted by atomic mass is 19.1. The van der Waals surface area contributed by atoms with E-state index in [0.29, 0.717) is 17.6 Å². The van der Waals surface area contributed by atoms with Crippen LogP contribution in [0.1, 0.15) is 33.1 Å². The van der Waals surface area contributed by atoms with E-state index in [1.54, 1.807) is 6.07 Å². The predicted molar refractivity (Wildman–Crippen MR) is 72.8 cm³/mol. The second-order valence-electron chi connectivity index (χ2n) is 5.56. The van der Waals surface area contributed by atoms with Crippen LogP contribution in [0.5, 0.6) is 5.75 Å². The maximum Gasteiger partial charge on any atom is 0.491 e. The van der Waals surface area contributed by atoms with Gasteiger partial charge in [0.2, 0.25) is 0 Å². The van der Waals surface area contributed by atoms with Crippen LogP contribution in [0, 0.1) is 17.7 Å². The molecule has 1 aromatic carbocycles. The molecule has 1 aromatic rings. The van der Waals surface area contributed by atoms with Crippen LogP contribution in [0.4, 0.5) is 4.39 Å². The molecule has 0 heterocycles. The first-order valence-electron chi connectivity index (χ1n) is 6.79. The maximum atomic E-state index is 13.6. The summed E-state index contributed by atoms with van der Waals surface area (Å²) in [6.45, 7) is 4.46. The molecule has 0 aliphatic heterocycles. The highest BCUT2D eigenvalue weighted by molar-refractivity contribution is 6.58. The molecule has 104 valence electrons. The van der Waals surface area contributed by atoms with Crippen LogP contribution >= 0.6 is 0 Å². The third-order valence-electron chi connectivity index (χ3n) is 4.10. The molecule has 3 nitrogen and oxygen atoms in total. The summed E-state index contributed by atoms with van der Waals surface area (Å²) in [4.78, 5) is 0. The van der Waals surface area contributed by atoms with Crippen LogP contribution in [0.3, 0.4) is 0 Å². The molecule has 2 N–H and O–H groups in total. The molecule has 1 aliphatic rings. The summed E-state index contributed by atoms with van der Waals surface area (Å²) >= 11 is 0. The fourth-order valence-electron chi connectivity index (χ4n) is 2.59. The quantitative estimate of drug-likeness (QED) is 0.819. The van der Waals surface area contributed by atoms with Gasteiger partial charge in [-0.05, 0) is 37.2 Å². The van der Waals surface area contributed by atoms with Crippen molar-refractivity contribution < 1.29 is 19.2 Å². The fraction of sp³-hybridized carbons (Fsp3) is 0.571. The number of hydrogen-bond acceptors (Lipinski definition) is 3. The molecule has 5 heteroatoms. The first-order chi connectivity index (χ1) is 8.97. The normalized spacial score (nSPS) is 27.1. The summed E-state index contributed by atoms with van der Waals surface area (Å²) in [5.74, 6) is 1.13. The Morgan fingerprint density at radius 2 is 1.95 bits per heavy atom. The molecular formula is C14H20BFO3. The highest BCUT2D eigenvalue weighted by Gasteiger charge is 2.26. The Bertz CT molecular complexity index is 439. The van der Waals surface area contributed by atoms with Crippen molar-refractivity contribution in [2.75, 3.05) is 0 Å². The lowest BCUT2D eigenvalue weighted by Crippen LogP contribution is -2.33. The molecule has 3 unspecified atom stereocenters. The van der Waals surface area contributed by atoms with Gasteiger partial charge in [0, 0.05) is 11.5 Å².